The minimum Gasteiger partial charge on any atom is -0.409 e. The Morgan fingerprint density at radius 1 is 0.833 bits per heavy atom. The highest BCUT2D eigenvalue weighted by Gasteiger charge is 2.18. The zero-order valence-electron chi connectivity index (χ0n) is 12.7. The second kappa shape index (κ2) is 7.53. The SMILES string of the molecule is O=C(Oc1ccc(Cl)cc1)N(Nc1ccccc1)c1ccccc1. The summed E-state index contributed by atoms with van der Waals surface area (Å²) in [7, 11) is 0. The van der Waals surface area contributed by atoms with E-state index in [2.05, 4.69) is 5.43 Å². The molecule has 3 aromatic carbocycles. The van der Waals surface area contributed by atoms with Gasteiger partial charge < -0.3 is 4.74 Å². The molecule has 1 amide bonds. The summed E-state index contributed by atoms with van der Waals surface area (Å²) in [5, 5.41) is 1.93. The van der Waals surface area contributed by atoms with Crippen LogP contribution in [0.25, 0.3) is 0 Å². The number of nitrogens with one attached hydrogen (secondary N) is 1. The molecule has 1 N–H and O–H groups in total. The van der Waals surface area contributed by atoms with Crippen LogP contribution in [0.4, 0.5) is 16.2 Å². The molecule has 0 aliphatic rings. The number of hydrazine groups is 1. The lowest BCUT2D eigenvalue weighted by molar-refractivity contribution is 0.209. The summed E-state index contributed by atoms with van der Waals surface area (Å²) in [5.74, 6) is 0.417. The molecule has 0 heterocycles. The molecule has 0 saturated carbocycles. The molecular weight excluding hydrogens is 324 g/mol. The van der Waals surface area contributed by atoms with Crippen LogP contribution in [-0.4, -0.2) is 6.09 Å². The molecule has 0 aromatic heterocycles. The number of anilines is 2. The predicted octanol–water partition coefficient (Wildman–Crippen LogP) is 5.37. The van der Waals surface area contributed by atoms with Crippen LogP contribution in [0.5, 0.6) is 5.75 Å². The van der Waals surface area contributed by atoms with Gasteiger partial charge in [-0.15, -0.1) is 0 Å². The first kappa shape index (κ1) is 15.9. The monoisotopic (exact) mass is 338 g/mol. The van der Waals surface area contributed by atoms with E-state index in [-0.39, 0.29) is 0 Å². The molecule has 0 radical (unpaired) electrons. The van der Waals surface area contributed by atoms with E-state index in [0.717, 1.165) is 5.69 Å². The number of para-hydroxylation sites is 2. The Balaban J connectivity index is 1.83. The highest BCUT2D eigenvalue weighted by Crippen LogP contribution is 2.20. The molecule has 0 bridgehead atoms. The standard InChI is InChI=1S/C19H15ClN2O2/c20-15-11-13-18(14-12-15)24-19(23)22(17-9-5-2-6-10-17)21-16-7-3-1-4-8-16/h1-14,21H. The summed E-state index contributed by atoms with van der Waals surface area (Å²) in [5.41, 5.74) is 4.50. The van der Waals surface area contributed by atoms with Crippen molar-refractivity contribution in [3.63, 3.8) is 0 Å². The van der Waals surface area contributed by atoms with Crippen LogP contribution >= 0.6 is 11.6 Å². The summed E-state index contributed by atoms with van der Waals surface area (Å²) in [6, 6.07) is 25.3. The van der Waals surface area contributed by atoms with Crippen molar-refractivity contribution in [2.24, 2.45) is 0 Å². The maximum Gasteiger partial charge on any atom is 0.438 e. The van der Waals surface area contributed by atoms with E-state index in [1.165, 1.54) is 5.01 Å². The molecule has 24 heavy (non-hydrogen) atoms. The topological polar surface area (TPSA) is 41.6 Å². The van der Waals surface area contributed by atoms with Gasteiger partial charge in [-0.3, -0.25) is 5.43 Å². The number of ether oxygens (including phenoxy) is 1. The Morgan fingerprint density at radius 3 is 2.04 bits per heavy atom. The summed E-state index contributed by atoms with van der Waals surface area (Å²) in [6.45, 7) is 0. The van der Waals surface area contributed by atoms with Gasteiger partial charge in [0.25, 0.3) is 0 Å². The van der Waals surface area contributed by atoms with Gasteiger partial charge in [-0.2, -0.15) is 5.01 Å². The van der Waals surface area contributed by atoms with Crippen LogP contribution in [0.1, 0.15) is 0 Å². The summed E-state index contributed by atoms with van der Waals surface area (Å²) in [4.78, 5) is 12.6. The number of hydrogen-bond donors (Lipinski definition) is 1. The fourth-order valence-corrected chi connectivity index (χ4v) is 2.21. The van der Waals surface area contributed by atoms with Crippen LogP contribution in [0.2, 0.25) is 5.02 Å². The predicted molar refractivity (Wildman–Crippen MR) is 96.5 cm³/mol. The van der Waals surface area contributed by atoms with E-state index in [1.807, 2.05) is 60.7 Å². The third-order valence-electron chi connectivity index (χ3n) is 3.23. The molecular formula is C19H15ClN2O2. The molecule has 3 rings (SSSR count). The highest BCUT2D eigenvalue weighted by atomic mass is 35.5. The van der Waals surface area contributed by atoms with E-state index in [1.54, 1.807) is 24.3 Å². The lowest BCUT2D eigenvalue weighted by Gasteiger charge is -2.23. The van der Waals surface area contributed by atoms with Crippen molar-refractivity contribution >= 4 is 29.1 Å². The van der Waals surface area contributed by atoms with Gasteiger partial charge in [-0.25, -0.2) is 4.79 Å². The van der Waals surface area contributed by atoms with E-state index < -0.39 is 6.09 Å². The van der Waals surface area contributed by atoms with Gasteiger partial charge in [0.15, 0.2) is 0 Å². The van der Waals surface area contributed by atoms with Gasteiger partial charge in [-0.1, -0.05) is 48.0 Å². The zero-order chi connectivity index (χ0) is 16.8. The van der Waals surface area contributed by atoms with Crippen LogP contribution in [0.15, 0.2) is 84.9 Å². The van der Waals surface area contributed by atoms with Crippen molar-refractivity contribution < 1.29 is 9.53 Å². The lowest BCUT2D eigenvalue weighted by Crippen LogP contribution is -2.38. The molecule has 0 spiro atoms. The fourth-order valence-electron chi connectivity index (χ4n) is 2.08. The highest BCUT2D eigenvalue weighted by molar-refractivity contribution is 6.30. The van der Waals surface area contributed by atoms with Gasteiger partial charge >= 0.3 is 6.09 Å². The number of rotatable bonds is 4. The fraction of sp³-hybridized carbons (Fsp3) is 0. The molecule has 0 unspecified atom stereocenters. The molecule has 0 fully saturated rings. The maximum atomic E-state index is 12.6. The van der Waals surface area contributed by atoms with Gasteiger partial charge in [0.05, 0.1) is 11.4 Å². The van der Waals surface area contributed by atoms with Gasteiger partial charge in [-0.05, 0) is 48.5 Å². The van der Waals surface area contributed by atoms with Crippen molar-refractivity contribution in [2.75, 3.05) is 10.4 Å². The third kappa shape index (κ3) is 4.06. The number of carbonyl (C=O) groups is 1. The number of nitrogens with zero attached hydrogens (tertiary/aromatic N) is 1. The largest absolute Gasteiger partial charge is 0.438 e. The van der Waals surface area contributed by atoms with Crippen molar-refractivity contribution in [1.29, 1.82) is 0 Å². The number of amides is 1. The number of carbonyl (C=O) groups excluding carboxylic acids is 1. The molecule has 0 aliphatic carbocycles. The summed E-state index contributed by atoms with van der Waals surface area (Å²) in [6.07, 6.45) is -0.549. The van der Waals surface area contributed by atoms with Crippen LogP contribution < -0.4 is 15.2 Å². The second-order valence-electron chi connectivity index (χ2n) is 4.97. The summed E-state index contributed by atoms with van der Waals surface area (Å²) < 4.78 is 5.42. The van der Waals surface area contributed by atoms with E-state index in [4.69, 9.17) is 16.3 Å². The van der Waals surface area contributed by atoms with Gasteiger partial charge in [0.1, 0.15) is 5.75 Å². The second-order valence-corrected chi connectivity index (χ2v) is 5.41. The van der Waals surface area contributed by atoms with E-state index in [9.17, 15) is 4.79 Å². The Labute approximate surface area is 145 Å². The van der Waals surface area contributed by atoms with Crippen molar-refractivity contribution in [1.82, 2.24) is 0 Å². The normalized spacial score (nSPS) is 10.0. The molecule has 4 nitrogen and oxygen atoms in total. The van der Waals surface area contributed by atoms with Crippen molar-refractivity contribution in [2.45, 2.75) is 0 Å². The molecule has 3 aromatic rings. The average Bonchev–Trinajstić information content (AvgIpc) is 2.63. The summed E-state index contributed by atoms with van der Waals surface area (Å²) >= 11 is 5.85. The van der Waals surface area contributed by atoms with Crippen LogP contribution in [0, 0.1) is 0 Å². The zero-order valence-corrected chi connectivity index (χ0v) is 13.5. The first-order valence-corrected chi connectivity index (χ1v) is 7.74. The Bertz CT molecular complexity index is 793. The first-order valence-electron chi connectivity index (χ1n) is 7.36. The Morgan fingerprint density at radius 2 is 1.42 bits per heavy atom. The Hall–Kier alpha value is -2.98. The molecule has 0 saturated heterocycles. The molecule has 5 heteroatoms. The maximum absolute atomic E-state index is 12.6. The van der Waals surface area contributed by atoms with Gasteiger partial charge in [0, 0.05) is 5.02 Å². The van der Waals surface area contributed by atoms with E-state index in [0.29, 0.717) is 16.5 Å². The smallest absolute Gasteiger partial charge is 0.409 e. The lowest BCUT2D eigenvalue weighted by atomic mass is 10.3. The number of benzene rings is 3. The molecule has 120 valence electrons. The Kier molecular flexibility index (Phi) is 4.99. The van der Waals surface area contributed by atoms with Gasteiger partial charge in [0.2, 0.25) is 0 Å². The van der Waals surface area contributed by atoms with Crippen LogP contribution in [-0.2, 0) is 0 Å². The van der Waals surface area contributed by atoms with Crippen molar-refractivity contribution in [3.05, 3.63) is 90.0 Å². The first-order chi connectivity index (χ1) is 11.7. The van der Waals surface area contributed by atoms with Crippen molar-refractivity contribution in [3.8, 4) is 5.75 Å². The van der Waals surface area contributed by atoms with Crippen LogP contribution in [0.3, 0.4) is 0 Å². The number of halogens is 1. The minimum absolute atomic E-state index is 0.417. The molecule has 0 aliphatic heterocycles. The third-order valence-corrected chi connectivity index (χ3v) is 3.48. The minimum atomic E-state index is -0.549. The van der Waals surface area contributed by atoms with E-state index >= 15 is 0 Å². The quantitative estimate of drug-likeness (QED) is 0.650. The number of hydrogen-bond acceptors (Lipinski definition) is 3. The molecule has 0 atom stereocenters. The average molecular weight is 339 g/mol.